The molecule has 1 saturated heterocycles. The second-order valence-electron chi connectivity index (χ2n) is 7.05. The Labute approximate surface area is 144 Å². The number of amides is 2. The molecule has 1 heterocycles. The zero-order valence-electron chi connectivity index (χ0n) is 14.4. The predicted octanol–water partition coefficient (Wildman–Crippen LogP) is 1.64. The number of rotatable bonds is 6. The normalized spacial score (nSPS) is 21.9. The van der Waals surface area contributed by atoms with Crippen LogP contribution in [0.3, 0.4) is 0 Å². The molecule has 24 heavy (non-hydrogen) atoms. The molecular weight excluding hydrogens is 302 g/mol. The Bertz CT molecular complexity index is 571. The highest BCUT2D eigenvalue weighted by atomic mass is 16.2. The molecule has 1 atom stereocenters. The SMILES string of the molecule is CN1CCNC(=O)C1CC(=O)N(Cc1ccccc1)CC1CCC1. The van der Waals surface area contributed by atoms with Gasteiger partial charge in [0.15, 0.2) is 0 Å². The summed E-state index contributed by atoms with van der Waals surface area (Å²) in [4.78, 5) is 28.9. The lowest BCUT2D eigenvalue weighted by Crippen LogP contribution is -2.55. The number of benzene rings is 1. The van der Waals surface area contributed by atoms with Crippen LogP contribution >= 0.6 is 0 Å². The highest BCUT2D eigenvalue weighted by molar-refractivity contribution is 5.88. The average molecular weight is 329 g/mol. The lowest BCUT2D eigenvalue weighted by molar-refractivity contribution is -0.139. The Hall–Kier alpha value is -1.88. The van der Waals surface area contributed by atoms with E-state index in [9.17, 15) is 9.59 Å². The quantitative estimate of drug-likeness (QED) is 0.863. The van der Waals surface area contributed by atoms with Gasteiger partial charge in [-0.15, -0.1) is 0 Å². The predicted molar refractivity (Wildman–Crippen MR) is 93.2 cm³/mol. The minimum absolute atomic E-state index is 0.0274. The van der Waals surface area contributed by atoms with Crippen molar-refractivity contribution < 1.29 is 9.59 Å². The van der Waals surface area contributed by atoms with E-state index in [4.69, 9.17) is 0 Å². The molecule has 1 saturated carbocycles. The van der Waals surface area contributed by atoms with E-state index in [0.29, 0.717) is 19.0 Å². The van der Waals surface area contributed by atoms with Gasteiger partial charge in [0.1, 0.15) is 0 Å². The number of hydrogen-bond acceptors (Lipinski definition) is 3. The summed E-state index contributed by atoms with van der Waals surface area (Å²) in [7, 11) is 1.92. The van der Waals surface area contributed by atoms with Gasteiger partial charge in [-0.3, -0.25) is 14.5 Å². The standard InChI is InChI=1S/C19H27N3O2/c1-21-11-10-20-19(24)17(21)12-18(23)22(14-16-8-5-9-16)13-15-6-3-2-4-7-15/h2-4,6-7,16-17H,5,8-14H2,1H3,(H,20,24). The van der Waals surface area contributed by atoms with Crippen molar-refractivity contribution in [1.29, 1.82) is 0 Å². The van der Waals surface area contributed by atoms with Gasteiger partial charge in [-0.25, -0.2) is 0 Å². The van der Waals surface area contributed by atoms with Crippen LogP contribution in [0.4, 0.5) is 0 Å². The third-order valence-electron chi connectivity index (χ3n) is 5.24. The van der Waals surface area contributed by atoms with E-state index in [1.807, 2.05) is 35.0 Å². The van der Waals surface area contributed by atoms with Gasteiger partial charge in [-0.2, -0.15) is 0 Å². The van der Waals surface area contributed by atoms with Crippen LogP contribution in [0, 0.1) is 5.92 Å². The van der Waals surface area contributed by atoms with Crippen molar-refractivity contribution in [2.45, 2.75) is 38.3 Å². The van der Waals surface area contributed by atoms with Crippen LogP contribution in [0.2, 0.25) is 0 Å². The molecule has 3 rings (SSSR count). The first-order valence-electron chi connectivity index (χ1n) is 8.93. The van der Waals surface area contributed by atoms with Gasteiger partial charge >= 0.3 is 0 Å². The first kappa shape index (κ1) is 17.0. The maximum absolute atomic E-state index is 12.9. The van der Waals surface area contributed by atoms with Crippen molar-refractivity contribution in [1.82, 2.24) is 15.1 Å². The highest BCUT2D eigenvalue weighted by Crippen LogP contribution is 2.28. The molecule has 1 aromatic carbocycles. The first-order chi connectivity index (χ1) is 11.6. The van der Waals surface area contributed by atoms with Crippen LogP contribution in [0.5, 0.6) is 0 Å². The van der Waals surface area contributed by atoms with Gasteiger partial charge in [0.2, 0.25) is 11.8 Å². The molecule has 1 aromatic rings. The fourth-order valence-electron chi connectivity index (χ4n) is 3.42. The third-order valence-corrected chi connectivity index (χ3v) is 5.24. The second kappa shape index (κ2) is 7.79. The maximum Gasteiger partial charge on any atom is 0.237 e. The minimum Gasteiger partial charge on any atom is -0.353 e. The van der Waals surface area contributed by atoms with E-state index in [2.05, 4.69) is 17.4 Å². The first-order valence-corrected chi connectivity index (χ1v) is 8.93. The third kappa shape index (κ3) is 4.15. The van der Waals surface area contributed by atoms with E-state index >= 15 is 0 Å². The van der Waals surface area contributed by atoms with Gasteiger partial charge < -0.3 is 10.2 Å². The van der Waals surface area contributed by atoms with Gasteiger partial charge in [-0.05, 0) is 31.4 Å². The van der Waals surface area contributed by atoms with E-state index in [0.717, 1.165) is 18.7 Å². The number of hydrogen-bond donors (Lipinski definition) is 1. The topological polar surface area (TPSA) is 52.7 Å². The second-order valence-corrected chi connectivity index (χ2v) is 7.05. The summed E-state index contributed by atoms with van der Waals surface area (Å²) in [6.07, 6.45) is 3.96. The monoisotopic (exact) mass is 329 g/mol. The molecule has 0 aromatic heterocycles. The summed E-state index contributed by atoms with van der Waals surface area (Å²) >= 11 is 0. The largest absolute Gasteiger partial charge is 0.353 e. The molecule has 5 heteroatoms. The zero-order chi connectivity index (χ0) is 16.9. The zero-order valence-corrected chi connectivity index (χ0v) is 14.4. The van der Waals surface area contributed by atoms with Crippen molar-refractivity contribution in [2.24, 2.45) is 5.92 Å². The summed E-state index contributed by atoms with van der Waals surface area (Å²) in [5.41, 5.74) is 1.15. The lowest BCUT2D eigenvalue weighted by Gasteiger charge is -2.35. The molecule has 0 radical (unpaired) electrons. The number of nitrogens with one attached hydrogen (secondary N) is 1. The molecule has 2 fully saturated rings. The fourth-order valence-corrected chi connectivity index (χ4v) is 3.42. The molecule has 5 nitrogen and oxygen atoms in total. The van der Waals surface area contributed by atoms with Crippen LogP contribution in [0.15, 0.2) is 30.3 Å². The van der Waals surface area contributed by atoms with Gasteiger partial charge in [0, 0.05) is 26.2 Å². The molecule has 2 aliphatic rings. The van der Waals surface area contributed by atoms with E-state index in [1.54, 1.807) is 0 Å². The molecule has 0 bridgehead atoms. The van der Waals surface area contributed by atoms with Crippen molar-refractivity contribution in [3.63, 3.8) is 0 Å². The summed E-state index contributed by atoms with van der Waals surface area (Å²) in [5.74, 6) is 0.677. The Morgan fingerprint density at radius 2 is 2.04 bits per heavy atom. The molecule has 1 aliphatic carbocycles. The summed E-state index contributed by atoms with van der Waals surface area (Å²) in [5, 5.41) is 2.87. The van der Waals surface area contributed by atoms with Gasteiger partial charge in [0.05, 0.1) is 12.5 Å². The average Bonchev–Trinajstić information content (AvgIpc) is 2.54. The van der Waals surface area contributed by atoms with Crippen LogP contribution < -0.4 is 5.32 Å². The van der Waals surface area contributed by atoms with Gasteiger partial charge in [0.25, 0.3) is 0 Å². The maximum atomic E-state index is 12.9. The van der Waals surface area contributed by atoms with Crippen molar-refractivity contribution in [3.05, 3.63) is 35.9 Å². The van der Waals surface area contributed by atoms with Crippen LogP contribution in [-0.4, -0.2) is 54.3 Å². The fraction of sp³-hybridized carbons (Fsp3) is 0.579. The van der Waals surface area contributed by atoms with Crippen molar-refractivity contribution in [3.8, 4) is 0 Å². The number of carbonyl (C=O) groups is 2. The molecule has 0 spiro atoms. The minimum atomic E-state index is -0.342. The molecule has 1 unspecified atom stereocenters. The van der Waals surface area contributed by atoms with Crippen molar-refractivity contribution >= 4 is 11.8 Å². The molecule has 130 valence electrons. The lowest BCUT2D eigenvalue weighted by atomic mass is 9.85. The highest BCUT2D eigenvalue weighted by Gasteiger charge is 2.32. The van der Waals surface area contributed by atoms with E-state index < -0.39 is 0 Å². The van der Waals surface area contributed by atoms with Crippen LogP contribution in [0.1, 0.15) is 31.2 Å². The Morgan fingerprint density at radius 3 is 2.67 bits per heavy atom. The number of carbonyl (C=O) groups excluding carboxylic acids is 2. The Kier molecular flexibility index (Phi) is 5.51. The Balaban J connectivity index is 1.66. The number of nitrogens with zero attached hydrogens (tertiary/aromatic N) is 2. The molecule has 1 aliphatic heterocycles. The van der Waals surface area contributed by atoms with Crippen LogP contribution in [0.25, 0.3) is 0 Å². The summed E-state index contributed by atoms with van der Waals surface area (Å²) < 4.78 is 0. The Morgan fingerprint density at radius 1 is 1.29 bits per heavy atom. The number of piperazine rings is 1. The smallest absolute Gasteiger partial charge is 0.237 e. The van der Waals surface area contributed by atoms with Gasteiger partial charge in [-0.1, -0.05) is 36.8 Å². The molecular formula is C19H27N3O2. The van der Waals surface area contributed by atoms with Crippen LogP contribution in [-0.2, 0) is 16.1 Å². The molecule has 2 amide bonds. The van der Waals surface area contributed by atoms with E-state index in [1.165, 1.54) is 19.3 Å². The molecule has 1 N–H and O–H groups in total. The van der Waals surface area contributed by atoms with Crippen molar-refractivity contribution in [2.75, 3.05) is 26.7 Å². The summed E-state index contributed by atoms with van der Waals surface area (Å²) in [6.45, 7) is 2.90. The van der Waals surface area contributed by atoms with E-state index in [-0.39, 0.29) is 24.3 Å². The summed E-state index contributed by atoms with van der Waals surface area (Å²) in [6, 6.07) is 9.77. The number of likely N-dealkylation sites (N-methyl/N-ethyl adjacent to an activating group) is 1.